The van der Waals surface area contributed by atoms with Gasteiger partial charge in [-0.25, -0.2) is 9.98 Å². The van der Waals surface area contributed by atoms with E-state index in [4.69, 9.17) is 5.26 Å². The topological polar surface area (TPSA) is 110 Å². The molecule has 0 saturated carbocycles. The Bertz CT molecular complexity index is 778. The summed E-state index contributed by atoms with van der Waals surface area (Å²) in [6.07, 6.45) is -3.21. The molecule has 1 aliphatic rings. The highest BCUT2D eigenvalue weighted by atomic mass is 19.4. The first kappa shape index (κ1) is 18.4. The number of nitrogens with zero attached hydrogens (tertiary/aromatic N) is 3. The zero-order valence-electron chi connectivity index (χ0n) is 13.1. The van der Waals surface area contributed by atoms with Crippen molar-refractivity contribution >= 4 is 23.8 Å². The van der Waals surface area contributed by atoms with Crippen LogP contribution in [0.4, 0.5) is 18.9 Å². The van der Waals surface area contributed by atoms with Crippen molar-refractivity contribution < 1.29 is 23.1 Å². The molecule has 0 aliphatic carbocycles. The lowest BCUT2D eigenvalue weighted by molar-refractivity contribution is -0.138. The SMILES string of the molecule is C[C@](O)(CNC1=NCC=N1)C(=O)Nc1ccc(C#N)c(C(F)(F)F)c1. The Hall–Kier alpha value is -2.93. The number of anilines is 1. The molecule has 0 aromatic heterocycles. The second-order valence-corrected chi connectivity index (χ2v) is 5.43. The molecule has 7 nitrogen and oxygen atoms in total. The van der Waals surface area contributed by atoms with E-state index in [1.807, 2.05) is 0 Å². The molecule has 0 fully saturated rings. The Balaban J connectivity index is 2.11. The molecule has 25 heavy (non-hydrogen) atoms. The van der Waals surface area contributed by atoms with Gasteiger partial charge in [-0.2, -0.15) is 18.4 Å². The van der Waals surface area contributed by atoms with E-state index >= 15 is 0 Å². The van der Waals surface area contributed by atoms with Crippen LogP contribution < -0.4 is 10.6 Å². The van der Waals surface area contributed by atoms with Crippen LogP contribution >= 0.6 is 0 Å². The Morgan fingerprint density at radius 2 is 2.16 bits per heavy atom. The molecule has 10 heteroatoms. The number of alkyl halides is 3. The fourth-order valence-corrected chi connectivity index (χ4v) is 1.95. The van der Waals surface area contributed by atoms with Gasteiger partial charge in [0.05, 0.1) is 30.3 Å². The minimum absolute atomic E-state index is 0.187. The number of guanidine groups is 1. The molecular formula is C15H14F3N5O2. The highest BCUT2D eigenvalue weighted by Crippen LogP contribution is 2.33. The number of halogens is 3. The highest BCUT2D eigenvalue weighted by Gasteiger charge is 2.35. The summed E-state index contributed by atoms with van der Waals surface area (Å²) in [5.74, 6) is -0.661. The maximum absolute atomic E-state index is 12.9. The zero-order valence-corrected chi connectivity index (χ0v) is 13.1. The van der Waals surface area contributed by atoms with E-state index in [1.165, 1.54) is 19.2 Å². The molecular weight excluding hydrogens is 339 g/mol. The summed E-state index contributed by atoms with van der Waals surface area (Å²) in [6, 6.07) is 4.20. The van der Waals surface area contributed by atoms with Crippen molar-refractivity contribution in [3.05, 3.63) is 29.3 Å². The number of rotatable bonds is 4. The minimum Gasteiger partial charge on any atom is -0.378 e. The molecule has 132 valence electrons. The summed E-state index contributed by atoms with van der Waals surface area (Å²) in [7, 11) is 0. The number of nitrogens with one attached hydrogen (secondary N) is 2. The van der Waals surface area contributed by atoms with Gasteiger partial charge in [-0.05, 0) is 25.1 Å². The molecule has 1 aromatic carbocycles. The quantitative estimate of drug-likeness (QED) is 0.758. The predicted molar refractivity (Wildman–Crippen MR) is 84.2 cm³/mol. The first-order chi connectivity index (χ1) is 11.6. The van der Waals surface area contributed by atoms with Gasteiger partial charge in [-0.3, -0.25) is 4.79 Å². The average Bonchev–Trinajstić information content (AvgIpc) is 3.05. The lowest BCUT2D eigenvalue weighted by Crippen LogP contribution is -2.49. The average molecular weight is 353 g/mol. The predicted octanol–water partition coefficient (Wildman–Crippen LogP) is 1.30. The van der Waals surface area contributed by atoms with Gasteiger partial charge in [-0.15, -0.1) is 0 Å². The van der Waals surface area contributed by atoms with E-state index in [0.717, 1.165) is 12.1 Å². The molecule has 0 radical (unpaired) electrons. The molecule has 0 saturated heterocycles. The molecule has 1 heterocycles. The van der Waals surface area contributed by atoms with Crippen molar-refractivity contribution in [2.24, 2.45) is 9.98 Å². The number of carbonyl (C=O) groups excluding carboxylic acids is 1. The summed E-state index contributed by atoms with van der Waals surface area (Å²) in [5, 5.41) is 23.8. The number of carbonyl (C=O) groups is 1. The van der Waals surface area contributed by atoms with Crippen molar-refractivity contribution in [3.8, 4) is 6.07 Å². The van der Waals surface area contributed by atoms with E-state index in [-0.39, 0.29) is 18.2 Å². The van der Waals surface area contributed by atoms with Gasteiger partial charge in [0, 0.05) is 11.9 Å². The summed E-state index contributed by atoms with van der Waals surface area (Å²) < 4.78 is 38.8. The zero-order chi connectivity index (χ0) is 18.7. The molecule has 1 amide bonds. The van der Waals surface area contributed by atoms with E-state index in [9.17, 15) is 23.1 Å². The van der Waals surface area contributed by atoms with Gasteiger partial charge >= 0.3 is 6.18 Å². The van der Waals surface area contributed by atoms with Gasteiger partial charge < -0.3 is 15.7 Å². The Kier molecular flexibility index (Phi) is 5.08. The molecule has 0 spiro atoms. The largest absolute Gasteiger partial charge is 0.417 e. The van der Waals surface area contributed by atoms with Crippen molar-refractivity contribution in [1.82, 2.24) is 5.32 Å². The fourth-order valence-electron chi connectivity index (χ4n) is 1.95. The van der Waals surface area contributed by atoms with E-state index in [1.54, 1.807) is 0 Å². The highest BCUT2D eigenvalue weighted by molar-refractivity contribution is 5.98. The maximum Gasteiger partial charge on any atom is 0.417 e. The maximum atomic E-state index is 12.9. The van der Waals surface area contributed by atoms with Crippen LogP contribution in [0, 0.1) is 11.3 Å². The third-order valence-electron chi connectivity index (χ3n) is 3.32. The number of aliphatic imine (C=N–C) groups is 2. The summed E-state index contributed by atoms with van der Waals surface area (Å²) in [6.45, 7) is 1.35. The van der Waals surface area contributed by atoms with Crippen LogP contribution in [-0.4, -0.2) is 41.9 Å². The molecule has 0 bridgehead atoms. The second kappa shape index (κ2) is 6.90. The monoisotopic (exact) mass is 353 g/mol. The van der Waals surface area contributed by atoms with Gasteiger partial charge in [-0.1, -0.05) is 0 Å². The summed E-state index contributed by atoms with van der Waals surface area (Å²) >= 11 is 0. The van der Waals surface area contributed by atoms with Crippen LogP contribution in [0.3, 0.4) is 0 Å². The van der Waals surface area contributed by atoms with E-state index in [2.05, 4.69) is 20.6 Å². The van der Waals surface area contributed by atoms with Crippen LogP contribution in [0.1, 0.15) is 18.1 Å². The number of hydrogen-bond acceptors (Lipinski definition) is 6. The number of nitriles is 1. The van der Waals surface area contributed by atoms with Gasteiger partial charge in [0.15, 0.2) is 5.60 Å². The Labute approximate surface area is 140 Å². The number of amides is 1. The summed E-state index contributed by atoms with van der Waals surface area (Å²) in [5.41, 5.74) is -3.84. The van der Waals surface area contributed by atoms with Crippen molar-refractivity contribution in [2.45, 2.75) is 18.7 Å². The molecule has 1 aromatic rings. The first-order valence-electron chi connectivity index (χ1n) is 7.09. The molecule has 2 rings (SSSR count). The van der Waals surface area contributed by atoms with Crippen molar-refractivity contribution in [3.63, 3.8) is 0 Å². The Morgan fingerprint density at radius 1 is 1.44 bits per heavy atom. The van der Waals surface area contributed by atoms with E-state index in [0.29, 0.717) is 12.6 Å². The van der Waals surface area contributed by atoms with Crippen LogP contribution in [-0.2, 0) is 11.0 Å². The van der Waals surface area contributed by atoms with Gasteiger partial charge in [0.1, 0.15) is 0 Å². The first-order valence-corrected chi connectivity index (χ1v) is 7.09. The lowest BCUT2D eigenvalue weighted by atomic mass is 10.0. The second-order valence-electron chi connectivity index (χ2n) is 5.43. The third-order valence-corrected chi connectivity index (χ3v) is 3.32. The fraction of sp³-hybridized carbons (Fsp3) is 0.333. The minimum atomic E-state index is -4.74. The number of benzene rings is 1. The van der Waals surface area contributed by atoms with Crippen molar-refractivity contribution in [1.29, 1.82) is 5.26 Å². The van der Waals surface area contributed by atoms with E-state index < -0.39 is 28.8 Å². The number of hydrogen-bond donors (Lipinski definition) is 3. The number of aliphatic hydroxyl groups is 1. The van der Waals surface area contributed by atoms with Crippen LogP contribution in [0.2, 0.25) is 0 Å². The Morgan fingerprint density at radius 3 is 2.72 bits per heavy atom. The van der Waals surface area contributed by atoms with Gasteiger partial charge in [0.25, 0.3) is 5.91 Å². The molecule has 1 aliphatic heterocycles. The van der Waals surface area contributed by atoms with Crippen LogP contribution in [0.5, 0.6) is 0 Å². The molecule has 3 N–H and O–H groups in total. The van der Waals surface area contributed by atoms with Crippen molar-refractivity contribution in [2.75, 3.05) is 18.4 Å². The third kappa shape index (κ3) is 4.54. The molecule has 1 atom stereocenters. The van der Waals surface area contributed by atoms with Crippen LogP contribution in [0.15, 0.2) is 28.2 Å². The normalized spacial score (nSPS) is 15.9. The standard InChI is InChI=1S/C15H14F3N5O2/c1-14(25,8-22-13-20-4-5-21-13)12(24)23-10-3-2-9(7-19)11(6-10)15(16,17)18/h2-4,6,25H,5,8H2,1H3,(H,21,22)(H,23,24)/t14-/m0/s1. The van der Waals surface area contributed by atoms with Gasteiger partial charge in [0.2, 0.25) is 5.96 Å². The summed E-state index contributed by atoms with van der Waals surface area (Å²) in [4.78, 5) is 19.9. The van der Waals surface area contributed by atoms with Crippen LogP contribution in [0.25, 0.3) is 0 Å². The lowest BCUT2D eigenvalue weighted by Gasteiger charge is -2.23. The molecule has 0 unspecified atom stereocenters. The smallest absolute Gasteiger partial charge is 0.378 e.